The van der Waals surface area contributed by atoms with Crippen molar-refractivity contribution in [2.24, 2.45) is 11.5 Å². The lowest BCUT2D eigenvalue weighted by molar-refractivity contribution is -0.150. The van der Waals surface area contributed by atoms with Gasteiger partial charge in [-0.05, 0) is 52.0 Å². The summed E-state index contributed by atoms with van der Waals surface area (Å²) in [4.78, 5) is 61.4. The minimum Gasteiger partial charge on any atom is -0.481 e. The Morgan fingerprint density at radius 2 is 1.73 bits per heavy atom. The van der Waals surface area contributed by atoms with E-state index < -0.39 is 59.9 Å². The van der Waals surface area contributed by atoms with E-state index in [-0.39, 0.29) is 32.2 Å². The van der Waals surface area contributed by atoms with Crippen molar-refractivity contribution in [2.45, 2.75) is 82.1 Å². The number of aliphatic carboxylic acids is 2. The van der Waals surface area contributed by atoms with Gasteiger partial charge in [0.05, 0.1) is 12.1 Å². The first-order valence-corrected chi connectivity index (χ1v) is 11.0. The molecule has 33 heavy (non-hydrogen) atoms. The van der Waals surface area contributed by atoms with E-state index in [1.807, 2.05) is 0 Å². The quantitative estimate of drug-likeness (QED) is 0.134. The molecule has 5 unspecified atom stereocenters. The molecule has 0 saturated carbocycles. The SMILES string of the molecule is CC(O)C(NC(=O)C(CCCCN)NC(=O)C(N)CCC(=O)O)C(=O)N1CCCC1C(=O)O. The van der Waals surface area contributed by atoms with Crippen LogP contribution in [0.1, 0.15) is 51.9 Å². The smallest absolute Gasteiger partial charge is 0.326 e. The summed E-state index contributed by atoms with van der Waals surface area (Å²) in [6, 6.07) is -4.71. The molecule has 0 bridgehead atoms. The minimum atomic E-state index is -1.41. The zero-order valence-corrected chi connectivity index (χ0v) is 18.7. The summed E-state index contributed by atoms with van der Waals surface area (Å²) in [5, 5.41) is 33.1. The summed E-state index contributed by atoms with van der Waals surface area (Å²) in [5.41, 5.74) is 11.2. The number of carboxylic acids is 2. The van der Waals surface area contributed by atoms with E-state index in [0.717, 1.165) is 4.90 Å². The molecule has 0 radical (unpaired) electrons. The van der Waals surface area contributed by atoms with Gasteiger partial charge in [0.2, 0.25) is 17.7 Å². The largest absolute Gasteiger partial charge is 0.481 e. The molecule has 0 aliphatic carbocycles. The number of unbranched alkanes of at least 4 members (excludes halogenated alkanes) is 1. The van der Waals surface area contributed by atoms with Crippen molar-refractivity contribution in [1.29, 1.82) is 0 Å². The lowest BCUT2D eigenvalue weighted by Crippen LogP contribution is -2.59. The molecule has 9 N–H and O–H groups in total. The highest BCUT2D eigenvalue weighted by molar-refractivity contribution is 5.94. The number of aliphatic hydroxyl groups excluding tert-OH is 1. The highest BCUT2D eigenvalue weighted by Gasteiger charge is 2.40. The summed E-state index contributed by atoms with van der Waals surface area (Å²) in [6.07, 6.45) is 0.189. The summed E-state index contributed by atoms with van der Waals surface area (Å²) < 4.78 is 0. The molecule has 13 nitrogen and oxygen atoms in total. The number of carbonyl (C=O) groups is 5. The Morgan fingerprint density at radius 3 is 2.27 bits per heavy atom. The number of nitrogens with zero attached hydrogens (tertiary/aromatic N) is 1. The molecular weight excluding hydrogens is 438 g/mol. The first-order valence-electron chi connectivity index (χ1n) is 11.0. The van der Waals surface area contributed by atoms with Gasteiger partial charge in [-0.15, -0.1) is 0 Å². The van der Waals surface area contributed by atoms with Gasteiger partial charge in [0, 0.05) is 13.0 Å². The fraction of sp³-hybridized carbons (Fsp3) is 0.750. The normalized spacial score (nSPS) is 19.3. The lowest BCUT2D eigenvalue weighted by atomic mass is 10.0. The maximum absolute atomic E-state index is 12.9. The number of hydrogen-bond acceptors (Lipinski definition) is 8. The Hall–Kier alpha value is -2.77. The molecule has 1 aliphatic heterocycles. The molecule has 0 spiro atoms. The van der Waals surface area contributed by atoms with Gasteiger partial charge >= 0.3 is 11.9 Å². The number of carboxylic acid groups (broad SMARTS) is 2. The molecule has 1 saturated heterocycles. The average molecular weight is 474 g/mol. The third kappa shape index (κ3) is 8.94. The van der Waals surface area contributed by atoms with E-state index in [2.05, 4.69) is 10.6 Å². The van der Waals surface area contributed by atoms with Gasteiger partial charge in [-0.3, -0.25) is 19.2 Å². The molecule has 1 heterocycles. The van der Waals surface area contributed by atoms with Crippen LogP contribution in [0.15, 0.2) is 0 Å². The van der Waals surface area contributed by atoms with Crippen LogP contribution in [0.4, 0.5) is 0 Å². The molecule has 1 aliphatic rings. The zero-order valence-electron chi connectivity index (χ0n) is 18.7. The third-order valence-corrected chi connectivity index (χ3v) is 5.45. The molecule has 188 valence electrons. The summed E-state index contributed by atoms with van der Waals surface area (Å²) in [6.45, 7) is 1.84. The van der Waals surface area contributed by atoms with Crippen LogP contribution in [0.2, 0.25) is 0 Å². The Bertz CT molecular complexity index is 717. The third-order valence-electron chi connectivity index (χ3n) is 5.45. The summed E-state index contributed by atoms with van der Waals surface area (Å²) in [7, 11) is 0. The molecule has 3 amide bonds. The van der Waals surface area contributed by atoms with Gasteiger partial charge in [-0.2, -0.15) is 0 Å². The lowest BCUT2D eigenvalue weighted by Gasteiger charge is -2.30. The maximum Gasteiger partial charge on any atom is 0.326 e. The number of likely N-dealkylation sites (tertiary alicyclic amines) is 1. The summed E-state index contributed by atoms with van der Waals surface area (Å²) >= 11 is 0. The van der Waals surface area contributed by atoms with Gasteiger partial charge in [0.1, 0.15) is 18.1 Å². The van der Waals surface area contributed by atoms with Crippen LogP contribution >= 0.6 is 0 Å². The first-order chi connectivity index (χ1) is 15.5. The van der Waals surface area contributed by atoms with Gasteiger partial charge in [0.15, 0.2) is 0 Å². The van der Waals surface area contributed by atoms with E-state index in [0.29, 0.717) is 25.8 Å². The monoisotopic (exact) mass is 473 g/mol. The van der Waals surface area contributed by atoms with Gasteiger partial charge in [-0.25, -0.2) is 4.79 Å². The van der Waals surface area contributed by atoms with Crippen molar-refractivity contribution in [3.8, 4) is 0 Å². The predicted octanol–water partition coefficient (Wildman–Crippen LogP) is -2.27. The first kappa shape index (κ1) is 28.3. The second-order valence-electron chi connectivity index (χ2n) is 8.14. The fourth-order valence-corrected chi connectivity index (χ4v) is 3.56. The van der Waals surface area contributed by atoms with Crippen molar-refractivity contribution in [3.63, 3.8) is 0 Å². The number of nitrogens with one attached hydrogen (secondary N) is 2. The van der Waals surface area contributed by atoms with Crippen LogP contribution < -0.4 is 22.1 Å². The van der Waals surface area contributed by atoms with Gasteiger partial charge in [0.25, 0.3) is 0 Å². The Kier molecular flexibility index (Phi) is 11.7. The number of amides is 3. The summed E-state index contributed by atoms with van der Waals surface area (Å²) in [5.74, 6) is -4.49. The van der Waals surface area contributed by atoms with Gasteiger partial charge < -0.3 is 42.3 Å². The standard InChI is InChI=1S/C20H35N5O8/c1-11(26)16(19(31)25-10-4-6-14(25)20(32)33)24-18(30)13(5-2-3-9-21)23-17(29)12(22)7-8-15(27)28/h11-14,16,26H,2-10,21-22H2,1H3,(H,23,29)(H,24,30)(H,27,28)(H,32,33). The Labute approximate surface area is 191 Å². The number of aliphatic hydroxyl groups is 1. The van der Waals surface area contributed by atoms with Gasteiger partial charge in [-0.1, -0.05) is 0 Å². The van der Waals surface area contributed by atoms with Crippen molar-refractivity contribution < 1.29 is 39.3 Å². The topological polar surface area (TPSA) is 225 Å². The van der Waals surface area contributed by atoms with Crippen LogP contribution in [-0.2, 0) is 24.0 Å². The molecule has 5 atom stereocenters. The average Bonchev–Trinajstić information content (AvgIpc) is 3.24. The van der Waals surface area contributed by atoms with E-state index in [9.17, 15) is 34.2 Å². The van der Waals surface area contributed by atoms with Crippen molar-refractivity contribution in [3.05, 3.63) is 0 Å². The Morgan fingerprint density at radius 1 is 1.06 bits per heavy atom. The highest BCUT2D eigenvalue weighted by Crippen LogP contribution is 2.19. The van der Waals surface area contributed by atoms with E-state index in [1.54, 1.807) is 0 Å². The predicted molar refractivity (Wildman–Crippen MR) is 116 cm³/mol. The molecule has 1 fully saturated rings. The van der Waals surface area contributed by atoms with Crippen LogP contribution in [0.3, 0.4) is 0 Å². The van der Waals surface area contributed by atoms with Crippen LogP contribution in [-0.4, -0.2) is 93.2 Å². The van der Waals surface area contributed by atoms with Crippen molar-refractivity contribution in [2.75, 3.05) is 13.1 Å². The molecule has 13 heteroatoms. The molecule has 0 aromatic heterocycles. The van der Waals surface area contributed by atoms with Crippen molar-refractivity contribution in [1.82, 2.24) is 15.5 Å². The number of rotatable bonds is 14. The second kappa shape index (κ2) is 13.7. The van der Waals surface area contributed by atoms with Crippen LogP contribution in [0, 0.1) is 0 Å². The molecule has 0 aromatic rings. The van der Waals surface area contributed by atoms with E-state index >= 15 is 0 Å². The maximum atomic E-state index is 12.9. The minimum absolute atomic E-state index is 0.126. The zero-order chi connectivity index (χ0) is 25.1. The molecule has 0 aromatic carbocycles. The van der Waals surface area contributed by atoms with Crippen LogP contribution in [0.25, 0.3) is 0 Å². The molecule has 1 rings (SSSR count). The highest BCUT2D eigenvalue weighted by atomic mass is 16.4. The fourth-order valence-electron chi connectivity index (χ4n) is 3.56. The second-order valence-corrected chi connectivity index (χ2v) is 8.14. The number of nitrogens with two attached hydrogens (primary N) is 2. The number of hydrogen-bond donors (Lipinski definition) is 7. The van der Waals surface area contributed by atoms with E-state index in [1.165, 1.54) is 6.92 Å². The Balaban J connectivity index is 2.92. The van der Waals surface area contributed by atoms with E-state index in [4.69, 9.17) is 16.6 Å². The number of carbonyl (C=O) groups excluding carboxylic acids is 3. The van der Waals surface area contributed by atoms with Crippen LogP contribution in [0.5, 0.6) is 0 Å². The molecular formula is C20H35N5O8. The van der Waals surface area contributed by atoms with Crippen molar-refractivity contribution >= 4 is 29.7 Å².